The molecule has 5 nitrogen and oxygen atoms in total. The van der Waals surface area contributed by atoms with Crippen LogP contribution in [0.25, 0.3) is 0 Å². The number of hydrogen-bond acceptors (Lipinski definition) is 5. The molecule has 0 saturated heterocycles. The van der Waals surface area contributed by atoms with Crippen molar-refractivity contribution in [3.8, 4) is 0 Å². The number of esters is 1. The SMILES string of the molecule is CC(=O)OC1CCC2(C)C(CCC3C4CCC(C(C)=NO)C4(C)CC(=O)C32)C1. The quantitative estimate of drug-likeness (QED) is 0.324. The van der Waals surface area contributed by atoms with Gasteiger partial charge in [0.25, 0.3) is 0 Å². The van der Waals surface area contributed by atoms with Crippen LogP contribution in [0, 0.1) is 40.4 Å². The zero-order valence-electron chi connectivity index (χ0n) is 17.7. The lowest BCUT2D eigenvalue weighted by Crippen LogP contribution is -2.58. The second-order valence-electron chi connectivity index (χ2n) is 10.6. The average molecular weight is 390 g/mol. The number of nitrogens with zero attached hydrogens (tertiary/aromatic N) is 1. The van der Waals surface area contributed by atoms with Crippen LogP contribution >= 0.6 is 0 Å². The van der Waals surface area contributed by atoms with Crippen molar-refractivity contribution < 1.29 is 19.5 Å². The van der Waals surface area contributed by atoms with Gasteiger partial charge in [0, 0.05) is 25.2 Å². The number of rotatable bonds is 2. The fourth-order valence-corrected chi connectivity index (χ4v) is 8.13. The van der Waals surface area contributed by atoms with Crippen LogP contribution in [-0.4, -0.2) is 28.8 Å². The smallest absolute Gasteiger partial charge is 0.302 e. The highest BCUT2D eigenvalue weighted by Gasteiger charge is 2.63. The van der Waals surface area contributed by atoms with Gasteiger partial charge in [-0.05, 0) is 80.5 Å². The van der Waals surface area contributed by atoms with E-state index in [1.807, 2.05) is 6.92 Å². The maximum atomic E-state index is 13.6. The molecule has 8 unspecified atom stereocenters. The number of ketones is 1. The molecule has 156 valence electrons. The van der Waals surface area contributed by atoms with Gasteiger partial charge in [-0.1, -0.05) is 19.0 Å². The van der Waals surface area contributed by atoms with Crippen molar-refractivity contribution >= 4 is 17.5 Å². The van der Waals surface area contributed by atoms with Crippen LogP contribution in [0.3, 0.4) is 0 Å². The van der Waals surface area contributed by atoms with Gasteiger partial charge >= 0.3 is 5.97 Å². The van der Waals surface area contributed by atoms with E-state index in [0.717, 1.165) is 50.7 Å². The van der Waals surface area contributed by atoms with Crippen LogP contribution in [0.5, 0.6) is 0 Å². The zero-order chi connectivity index (χ0) is 20.3. The molecule has 5 heteroatoms. The molecule has 0 amide bonds. The Balaban J connectivity index is 1.60. The van der Waals surface area contributed by atoms with E-state index >= 15 is 0 Å². The standard InChI is InChI=1S/C23H35NO4/c1-13(24-27)18-7-8-19-17-6-5-15-11-16(28-14(2)25)9-10-22(15,3)21(17)20(26)12-23(18,19)4/h15-19,21,27H,5-12H2,1-4H3. The molecule has 0 aromatic rings. The minimum absolute atomic E-state index is 0.0235. The van der Waals surface area contributed by atoms with E-state index in [0.29, 0.717) is 30.0 Å². The molecule has 8 atom stereocenters. The van der Waals surface area contributed by atoms with Crippen LogP contribution in [0.2, 0.25) is 0 Å². The van der Waals surface area contributed by atoms with Crippen molar-refractivity contribution in [3.05, 3.63) is 0 Å². The first-order chi connectivity index (χ1) is 13.2. The molecule has 0 aromatic carbocycles. The number of carbonyl (C=O) groups is 2. The first-order valence-corrected chi connectivity index (χ1v) is 11.1. The summed E-state index contributed by atoms with van der Waals surface area (Å²) in [6.07, 6.45) is 7.81. The Bertz CT molecular complexity index is 703. The predicted molar refractivity (Wildman–Crippen MR) is 106 cm³/mol. The summed E-state index contributed by atoms with van der Waals surface area (Å²) in [7, 11) is 0. The molecule has 4 fully saturated rings. The largest absolute Gasteiger partial charge is 0.463 e. The normalized spacial score (nSPS) is 48.4. The third-order valence-corrected chi connectivity index (χ3v) is 9.30. The molecule has 0 spiro atoms. The van der Waals surface area contributed by atoms with Gasteiger partial charge < -0.3 is 9.94 Å². The lowest BCUT2D eigenvalue weighted by molar-refractivity contribution is -0.168. The second-order valence-corrected chi connectivity index (χ2v) is 10.6. The van der Waals surface area contributed by atoms with Crippen molar-refractivity contribution in [1.82, 2.24) is 0 Å². The van der Waals surface area contributed by atoms with Crippen molar-refractivity contribution in [2.75, 3.05) is 0 Å². The van der Waals surface area contributed by atoms with Gasteiger partial charge in [0.2, 0.25) is 0 Å². The number of carbonyl (C=O) groups excluding carboxylic acids is 2. The zero-order valence-corrected chi connectivity index (χ0v) is 17.7. The van der Waals surface area contributed by atoms with E-state index in [-0.39, 0.29) is 34.7 Å². The predicted octanol–water partition coefficient (Wildman–Crippen LogP) is 4.61. The molecule has 4 aliphatic carbocycles. The van der Waals surface area contributed by atoms with Gasteiger partial charge in [0.15, 0.2) is 0 Å². The molecule has 0 heterocycles. The summed E-state index contributed by atoms with van der Waals surface area (Å²) in [5.41, 5.74) is 0.765. The van der Waals surface area contributed by atoms with Crippen molar-refractivity contribution in [2.24, 2.45) is 45.6 Å². The summed E-state index contributed by atoms with van der Waals surface area (Å²) >= 11 is 0. The highest BCUT2D eigenvalue weighted by atomic mass is 16.5. The van der Waals surface area contributed by atoms with Gasteiger partial charge in [0.05, 0.1) is 5.71 Å². The van der Waals surface area contributed by atoms with Crippen LogP contribution in [0.15, 0.2) is 5.16 Å². The van der Waals surface area contributed by atoms with E-state index in [1.54, 1.807) is 0 Å². The molecule has 0 radical (unpaired) electrons. The Morgan fingerprint density at radius 2 is 1.86 bits per heavy atom. The minimum Gasteiger partial charge on any atom is -0.463 e. The Morgan fingerprint density at radius 3 is 2.54 bits per heavy atom. The average Bonchev–Trinajstić information content (AvgIpc) is 2.97. The number of hydrogen-bond donors (Lipinski definition) is 1. The highest BCUT2D eigenvalue weighted by Crippen LogP contribution is 2.66. The Hall–Kier alpha value is -1.39. The topological polar surface area (TPSA) is 76.0 Å². The van der Waals surface area contributed by atoms with E-state index in [1.165, 1.54) is 6.92 Å². The number of ether oxygens (including phenoxy) is 1. The molecule has 4 saturated carbocycles. The van der Waals surface area contributed by atoms with Crippen molar-refractivity contribution in [1.29, 1.82) is 0 Å². The Kier molecular flexibility index (Phi) is 4.86. The van der Waals surface area contributed by atoms with Crippen LogP contribution < -0.4 is 0 Å². The summed E-state index contributed by atoms with van der Waals surface area (Å²) < 4.78 is 5.53. The summed E-state index contributed by atoms with van der Waals surface area (Å²) in [6, 6.07) is 0. The Labute approximate surface area is 168 Å². The van der Waals surface area contributed by atoms with Gasteiger partial charge in [-0.2, -0.15) is 0 Å². The maximum absolute atomic E-state index is 13.6. The van der Waals surface area contributed by atoms with E-state index in [9.17, 15) is 14.8 Å². The Morgan fingerprint density at radius 1 is 1.11 bits per heavy atom. The van der Waals surface area contributed by atoms with Crippen LogP contribution in [-0.2, 0) is 14.3 Å². The van der Waals surface area contributed by atoms with Crippen LogP contribution in [0.1, 0.15) is 79.1 Å². The van der Waals surface area contributed by atoms with Crippen LogP contribution in [0.4, 0.5) is 0 Å². The van der Waals surface area contributed by atoms with Gasteiger partial charge in [-0.15, -0.1) is 0 Å². The molecule has 4 rings (SSSR count). The van der Waals surface area contributed by atoms with Crippen molar-refractivity contribution in [3.63, 3.8) is 0 Å². The summed E-state index contributed by atoms with van der Waals surface area (Å²) in [5.74, 6) is 2.07. The monoisotopic (exact) mass is 389 g/mol. The third-order valence-electron chi connectivity index (χ3n) is 9.30. The molecular formula is C23H35NO4. The summed E-state index contributed by atoms with van der Waals surface area (Å²) in [4.78, 5) is 25.0. The van der Waals surface area contributed by atoms with E-state index in [4.69, 9.17) is 4.74 Å². The number of Topliss-reactive ketones (excluding diaryl/α,β-unsaturated/α-hetero) is 1. The fraction of sp³-hybridized carbons (Fsp3) is 0.870. The first kappa shape index (κ1) is 19.9. The maximum Gasteiger partial charge on any atom is 0.302 e. The van der Waals surface area contributed by atoms with Gasteiger partial charge in [-0.25, -0.2) is 0 Å². The molecule has 0 aliphatic heterocycles. The summed E-state index contributed by atoms with van der Waals surface area (Å²) in [6.45, 7) is 8.00. The minimum atomic E-state index is -0.190. The molecule has 1 N–H and O–H groups in total. The first-order valence-electron chi connectivity index (χ1n) is 11.1. The van der Waals surface area contributed by atoms with E-state index < -0.39 is 0 Å². The van der Waals surface area contributed by atoms with Gasteiger partial charge in [0.1, 0.15) is 11.9 Å². The fourth-order valence-electron chi connectivity index (χ4n) is 8.13. The number of fused-ring (bicyclic) bond motifs is 5. The number of oxime groups is 1. The third kappa shape index (κ3) is 2.83. The molecule has 0 aromatic heterocycles. The van der Waals surface area contributed by atoms with E-state index in [2.05, 4.69) is 19.0 Å². The molecule has 4 aliphatic rings. The lowest BCUT2D eigenvalue weighted by atomic mass is 9.44. The molecule has 28 heavy (non-hydrogen) atoms. The second kappa shape index (κ2) is 6.84. The molecular weight excluding hydrogens is 354 g/mol. The molecule has 0 bridgehead atoms. The van der Waals surface area contributed by atoms with Crippen molar-refractivity contribution in [2.45, 2.75) is 85.2 Å². The highest BCUT2D eigenvalue weighted by molar-refractivity contribution is 5.89. The van der Waals surface area contributed by atoms with Gasteiger partial charge in [-0.3, -0.25) is 9.59 Å². The summed E-state index contributed by atoms with van der Waals surface area (Å²) in [5, 5.41) is 12.9. The lowest BCUT2D eigenvalue weighted by Gasteiger charge is -2.60.